The highest BCUT2D eigenvalue weighted by Gasteiger charge is 2.16. The van der Waals surface area contributed by atoms with Crippen LogP contribution in [-0.2, 0) is 11.2 Å². The van der Waals surface area contributed by atoms with E-state index >= 15 is 0 Å². The first-order valence-electron chi connectivity index (χ1n) is 8.93. The minimum Gasteiger partial charge on any atom is -0.493 e. The van der Waals surface area contributed by atoms with Gasteiger partial charge in [-0.05, 0) is 29.8 Å². The molecule has 0 spiro atoms. The van der Waals surface area contributed by atoms with Crippen LogP contribution in [-0.4, -0.2) is 25.6 Å². The molecule has 0 bridgehead atoms. The molecule has 0 saturated heterocycles. The van der Waals surface area contributed by atoms with Crippen molar-refractivity contribution in [3.05, 3.63) is 95.6 Å². The molecular weight excluding hydrogens is 354 g/mol. The summed E-state index contributed by atoms with van der Waals surface area (Å²) >= 11 is 0. The maximum atomic E-state index is 12.5. The SMILES string of the molecule is COC(=O)c1ccc(OCCc2ccccc2)cc1NC(=O)c1ccccc1. The molecule has 3 aromatic carbocycles. The number of hydrogen-bond acceptors (Lipinski definition) is 4. The first kappa shape index (κ1) is 19.2. The fourth-order valence-electron chi connectivity index (χ4n) is 2.72. The second kappa shape index (κ2) is 9.37. The van der Waals surface area contributed by atoms with Crippen molar-refractivity contribution in [2.24, 2.45) is 0 Å². The van der Waals surface area contributed by atoms with Gasteiger partial charge in [0.15, 0.2) is 0 Å². The topological polar surface area (TPSA) is 64.6 Å². The molecule has 0 unspecified atom stereocenters. The van der Waals surface area contributed by atoms with Gasteiger partial charge in [-0.2, -0.15) is 0 Å². The number of hydrogen-bond donors (Lipinski definition) is 1. The molecule has 0 radical (unpaired) electrons. The van der Waals surface area contributed by atoms with Crippen molar-refractivity contribution in [2.45, 2.75) is 6.42 Å². The van der Waals surface area contributed by atoms with Gasteiger partial charge >= 0.3 is 5.97 Å². The van der Waals surface area contributed by atoms with Gasteiger partial charge in [-0.15, -0.1) is 0 Å². The molecule has 0 aromatic heterocycles. The number of benzene rings is 3. The van der Waals surface area contributed by atoms with E-state index in [4.69, 9.17) is 9.47 Å². The molecule has 3 aromatic rings. The maximum Gasteiger partial charge on any atom is 0.339 e. The zero-order valence-corrected chi connectivity index (χ0v) is 15.6. The van der Waals surface area contributed by atoms with Crippen molar-refractivity contribution in [1.29, 1.82) is 0 Å². The van der Waals surface area contributed by atoms with Crippen molar-refractivity contribution >= 4 is 17.6 Å². The smallest absolute Gasteiger partial charge is 0.339 e. The predicted octanol–water partition coefficient (Wildman–Crippen LogP) is 4.35. The number of anilines is 1. The molecule has 28 heavy (non-hydrogen) atoms. The Bertz CT molecular complexity index is 939. The fraction of sp³-hybridized carbons (Fsp3) is 0.130. The molecule has 5 heteroatoms. The van der Waals surface area contributed by atoms with Crippen LogP contribution in [0.2, 0.25) is 0 Å². The summed E-state index contributed by atoms with van der Waals surface area (Å²) in [5.41, 5.74) is 2.28. The van der Waals surface area contributed by atoms with E-state index in [1.165, 1.54) is 12.7 Å². The van der Waals surface area contributed by atoms with Gasteiger partial charge in [0.1, 0.15) is 5.75 Å². The third-order valence-corrected chi connectivity index (χ3v) is 4.18. The third kappa shape index (κ3) is 4.98. The van der Waals surface area contributed by atoms with Crippen LogP contribution in [0.4, 0.5) is 5.69 Å². The van der Waals surface area contributed by atoms with Gasteiger partial charge in [0.25, 0.3) is 5.91 Å². The van der Waals surface area contributed by atoms with E-state index in [9.17, 15) is 9.59 Å². The quantitative estimate of drug-likeness (QED) is 0.624. The van der Waals surface area contributed by atoms with Crippen LogP contribution in [0.3, 0.4) is 0 Å². The number of amides is 1. The molecule has 0 atom stereocenters. The van der Waals surface area contributed by atoms with Gasteiger partial charge in [0, 0.05) is 18.1 Å². The minimum absolute atomic E-state index is 0.266. The molecule has 5 nitrogen and oxygen atoms in total. The van der Waals surface area contributed by atoms with Gasteiger partial charge < -0.3 is 14.8 Å². The molecule has 0 fully saturated rings. The van der Waals surface area contributed by atoms with Crippen molar-refractivity contribution in [1.82, 2.24) is 0 Å². The Kier molecular flexibility index (Phi) is 6.41. The second-order valence-electron chi connectivity index (χ2n) is 6.10. The predicted molar refractivity (Wildman–Crippen MR) is 108 cm³/mol. The molecule has 1 N–H and O–H groups in total. The summed E-state index contributed by atoms with van der Waals surface area (Å²) < 4.78 is 10.6. The molecular formula is C23H21NO4. The molecule has 0 heterocycles. The standard InChI is InChI=1S/C23H21NO4/c1-27-23(26)20-13-12-19(28-15-14-17-8-4-2-5-9-17)16-21(20)24-22(25)18-10-6-3-7-11-18/h2-13,16H,14-15H2,1H3,(H,24,25). The summed E-state index contributed by atoms with van der Waals surface area (Å²) in [6, 6.07) is 23.7. The Balaban J connectivity index is 1.75. The van der Waals surface area contributed by atoms with E-state index in [2.05, 4.69) is 5.32 Å². The zero-order chi connectivity index (χ0) is 19.8. The van der Waals surface area contributed by atoms with Crippen LogP contribution in [0, 0.1) is 0 Å². The van der Waals surface area contributed by atoms with Crippen molar-refractivity contribution in [3.63, 3.8) is 0 Å². The van der Waals surface area contributed by atoms with Gasteiger partial charge in [0.2, 0.25) is 0 Å². The number of nitrogens with one attached hydrogen (secondary N) is 1. The van der Waals surface area contributed by atoms with E-state index in [1.54, 1.807) is 42.5 Å². The first-order chi connectivity index (χ1) is 13.7. The third-order valence-electron chi connectivity index (χ3n) is 4.18. The van der Waals surface area contributed by atoms with Gasteiger partial charge in [-0.25, -0.2) is 4.79 Å². The van der Waals surface area contributed by atoms with Crippen molar-refractivity contribution in [3.8, 4) is 5.75 Å². The van der Waals surface area contributed by atoms with Crippen molar-refractivity contribution < 1.29 is 19.1 Å². The molecule has 1 amide bonds. The number of carbonyl (C=O) groups excluding carboxylic acids is 2. The summed E-state index contributed by atoms with van der Waals surface area (Å²) in [7, 11) is 1.30. The Morgan fingerprint density at radius 2 is 1.57 bits per heavy atom. The van der Waals surface area contributed by atoms with Crippen LogP contribution in [0.15, 0.2) is 78.9 Å². The lowest BCUT2D eigenvalue weighted by Gasteiger charge is -2.13. The van der Waals surface area contributed by atoms with E-state index in [-0.39, 0.29) is 11.5 Å². The molecule has 0 saturated carbocycles. The van der Waals surface area contributed by atoms with Crippen LogP contribution in [0.25, 0.3) is 0 Å². The lowest BCUT2D eigenvalue weighted by atomic mass is 10.1. The van der Waals surface area contributed by atoms with E-state index < -0.39 is 5.97 Å². The second-order valence-corrected chi connectivity index (χ2v) is 6.10. The molecule has 142 valence electrons. The van der Waals surface area contributed by atoms with Crippen LogP contribution in [0.5, 0.6) is 5.75 Å². The lowest BCUT2D eigenvalue weighted by molar-refractivity contribution is 0.0602. The number of rotatable bonds is 7. The first-order valence-corrected chi connectivity index (χ1v) is 8.93. The highest BCUT2D eigenvalue weighted by molar-refractivity contribution is 6.08. The minimum atomic E-state index is -0.529. The Labute approximate surface area is 163 Å². The number of methoxy groups -OCH3 is 1. The molecule has 0 aliphatic heterocycles. The van der Waals surface area contributed by atoms with Crippen molar-refractivity contribution in [2.75, 3.05) is 19.0 Å². The van der Waals surface area contributed by atoms with Gasteiger partial charge in [-0.3, -0.25) is 4.79 Å². The van der Waals surface area contributed by atoms with Gasteiger partial charge in [0.05, 0.1) is 25.0 Å². The summed E-state index contributed by atoms with van der Waals surface area (Å²) in [6.07, 6.45) is 0.755. The summed E-state index contributed by atoms with van der Waals surface area (Å²) in [4.78, 5) is 24.5. The van der Waals surface area contributed by atoms with Gasteiger partial charge in [-0.1, -0.05) is 48.5 Å². The summed E-state index contributed by atoms with van der Waals surface area (Å²) in [5, 5.41) is 2.77. The Morgan fingerprint density at radius 3 is 2.25 bits per heavy atom. The average molecular weight is 375 g/mol. The van der Waals surface area contributed by atoms with Crippen LogP contribution >= 0.6 is 0 Å². The number of carbonyl (C=O) groups is 2. The summed E-state index contributed by atoms with van der Waals surface area (Å²) in [5.74, 6) is -0.279. The lowest BCUT2D eigenvalue weighted by Crippen LogP contribution is -2.15. The van der Waals surface area contributed by atoms with Crippen LogP contribution < -0.4 is 10.1 Å². The fourth-order valence-corrected chi connectivity index (χ4v) is 2.72. The van der Waals surface area contributed by atoms with E-state index in [0.29, 0.717) is 23.6 Å². The van der Waals surface area contributed by atoms with Crippen LogP contribution in [0.1, 0.15) is 26.3 Å². The average Bonchev–Trinajstić information content (AvgIpc) is 2.75. The summed E-state index contributed by atoms with van der Waals surface area (Å²) in [6.45, 7) is 0.480. The van der Waals surface area contributed by atoms with E-state index in [0.717, 1.165) is 6.42 Å². The molecule has 0 aliphatic carbocycles. The largest absolute Gasteiger partial charge is 0.493 e. The molecule has 0 aliphatic rings. The Hall–Kier alpha value is -3.60. The van der Waals surface area contributed by atoms with E-state index in [1.807, 2.05) is 36.4 Å². The normalized spacial score (nSPS) is 10.2. The highest BCUT2D eigenvalue weighted by Crippen LogP contribution is 2.24. The zero-order valence-electron chi connectivity index (χ0n) is 15.6. The Morgan fingerprint density at radius 1 is 0.893 bits per heavy atom. The number of esters is 1. The highest BCUT2D eigenvalue weighted by atomic mass is 16.5. The number of ether oxygens (including phenoxy) is 2. The maximum absolute atomic E-state index is 12.5. The monoisotopic (exact) mass is 375 g/mol. The molecule has 3 rings (SSSR count).